The maximum absolute atomic E-state index is 13.2. The third kappa shape index (κ3) is 4.15. The van der Waals surface area contributed by atoms with Gasteiger partial charge in [-0.05, 0) is 31.2 Å². The summed E-state index contributed by atoms with van der Waals surface area (Å²) in [7, 11) is 1.73. The number of fused-ring (bicyclic) bond motifs is 1. The van der Waals surface area contributed by atoms with Crippen LogP contribution in [0.15, 0.2) is 45.7 Å². The second-order valence-corrected chi connectivity index (χ2v) is 8.40. The fourth-order valence-electron chi connectivity index (χ4n) is 3.84. The lowest BCUT2D eigenvalue weighted by Gasteiger charge is -2.29. The molecule has 0 saturated carbocycles. The van der Waals surface area contributed by atoms with Crippen LogP contribution in [0.3, 0.4) is 0 Å². The minimum absolute atomic E-state index is 0.132. The van der Waals surface area contributed by atoms with Gasteiger partial charge >= 0.3 is 5.97 Å². The number of carboxylic acid groups (broad SMARTS) is 1. The molecule has 0 spiro atoms. The Labute approximate surface area is 187 Å². The number of ether oxygens (including phenoxy) is 1. The minimum atomic E-state index is -1.00. The maximum atomic E-state index is 13.2. The molecular formula is C22H23BrN4O4. The summed E-state index contributed by atoms with van der Waals surface area (Å²) < 4.78 is 7.76. The van der Waals surface area contributed by atoms with Crippen molar-refractivity contribution in [3.63, 3.8) is 0 Å². The third-order valence-corrected chi connectivity index (χ3v) is 5.90. The first-order valence-corrected chi connectivity index (χ1v) is 10.8. The van der Waals surface area contributed by atoms with Gasteiger partial charge in [-0.2, -0.15) is 0 Å². The van der Waals surface area contributed by atoms with Crippen molar-refractivity contribution in [1.82, 2.24) is 9.55 Å². The molecule has 1 aliphatic heterocycles. The third-order valence-electron chi connectivity index (χ3n) is 5.44. The van der Waals surface area contributed by atoms with Crippen LogP contribution in [0.5, 0.6) is 0 Å². The largest absolute Gasteiger partial charge is 0.478 e. The monoisotopic (exact) mass is 486 g/mol. The van der Waals surface area contributed by atoms with Crippen molar-refractivity contribution in [1.29, 1.82) is 0 Å². The van der Waals surface area contributed by atoms with Crippen LogP contribution < -0.4 is 15.8 Å². The van der Waals surface area contributed by atoms with Crippen LogP contribution in [0.25, 0.3) is 10.9 Å². The first kappa shape index (κ1) is 21.3. The SMILES string of the molecule is C[C@@H](Nc1ccccc1C(=O)O)c1cc(Br)cc2c(=O)n(C)c(N3CCOCC3)nc12. The highest BCUT2D eigenvalue weighted by Crippen LogP contribution is 2.30. The Hall–Kier alpha value is -2.91. The van der Waals surface area contributed by atoms with Crippen molar-refractivity contribution in [2.45, 2.75) is 13.0 Å². The zero-order chi connectivity index (χ0) is 22.1. The van der Waals surface area contributed by atoms with Crippen molar-refractivity contribution in [3.8, 4) is 0 Å². The van der Waals surface area contributed by atoms with E-state index in [4.69, 9.17) is 9.72 Å². The number of nitrogens with one attached hydrogen (secondary N) is 1. The summed E-state index contributed by atoms with van der Waals surface area (Å²) >= 11 is 3.50. The molecular weight excluding hydrogens is 464 g/mol. The van der Waals surface area contributed by atoms with Crippen LogP contribution in [0.2, 0.25) is 0 Å². The number of carboxylic acids is 1. The fourth-order valence-corrected chi connectivity index (χ4v) is 4.31. The number of aromatic carboxylic acids is 1. The predicted octanol–water partition coefficient (Wildman–Crippen LogP) is 3.40. The van der Waals surface area contributed by atoms with Crippen LogP contribution in [-0.2, 0) is 11.8 Å². The van der Waals surface area contributed by atoms with Gasteiger partial charge in [0, 0.05) is 35.9 Å². The van der Waals surface area contributed by atoms with Crippen LogP contribution in [0, 0.1) is 0 Å². The summed E-state index contributed by atoms with van der Waals surface area (Å²) in [6, 6.07) is 10.2. The number of rotatable bonds is 5. The van der Waals surface area contributed by atoms with Crippen molar-refractivity contribution in [2.24, 2.45) is 7.05 Å². The summed E-state index contributed by atoms with van der Waals surface area (Å²) in [5.74, 6) is -0.404. The van der Waals surface area contributed by atoms with Gasteiger partial charge in [-0.3, -0.25) is 9.36 Å². The van der Waals surface area contributed by atoms with E-state index in [-0.39, 0.29) is 17.2 Å². The smallest absolute Gasteiger partial charge is 0.337 e. The molecule has 1 atom stereocenters. The molecule has 0 aliphatic carbocycles. The number of hydrogen-bond acceptors (Lipinski definition) is 6. The minimum Gasteiger partial charge on any atom is -0.478 e. The van der Waals surface area contributed by atoms with Crippen LogP contribution in [0.4, 0.5) is 11.6 Å². The van der Waals surface area contributed by atoms with Crippen molar-refractivity contribution >= 4 is 44.4 Å². The van der Waals surface area contributed by atoms with Crippen LogP contribution in [-0.4, -0.2) is 46.9 Å². The number of para-hydroxylation sites is 1. The molecule has 1 fully saturated rings. The first-order chi connectivity index (χ1) is 14.9. The topological polar surface area (TPSA) is 96.7 Å². The number of morpholine rings is 1. The van der Waals surface area contributed by atoms with E-state index in [1.807, 2.05) is 17.9 Å². The molecule has 162 valence electrons. The number of benzene rings is 2. The molecule has 0 bridgehead atoms. The van der Waals surface area contributed by atoms with E-state index in [1.54, 1.807) is 41.9 Å². The molecule has 1 aromatic heterocycles. The lowest BCUT2D eigenvalue weighted by Crippen LogP contribution is -2.40. The molecule has 0 radical (unpaired) electrons. The fraction of sp³-hybridized carbons (Fsp3) is 0.318. The highest BCUT2D eigenvalue weighted by molar-refractivity contribution is 9.10. The molecule has 2 N–H and O–H groups in total. The lowest BCUT2D eigenvalue weighted by molar-refractivity contribution is 0.0698. The van der Waals surface area contributed by atoms with Gasteiger partial charge in [-0.25, -0.2) is 9.78 Å². The highest BCUT2D eigenvalue weighted by Gasteiger charge is 2.21. The molecule has 9 heteroatoms. The molecule has 2 heterocycles. The first-order valence-electron chi connectivity index (χ1n) is 9.98. The number of aromatic nitrogens is 2. The number of hydrogen-bond donors (Lipinski definition) is 2. The highest BCUT2D eigenvalue weighted by atomic mass is 79.9. The summed E-state index contributed by atoms with van der Waals surface area (Å²) in [5.41, 5.74) is 1.96. The number of carbonyl (C=O) groups is 1. The Morgan fingerprint density at radius 2 is 1.97 bits per heavy atom. The van der Waals surface area contributed by atoms with E-state index in [2.05, 4.69) is 21.2 Å². The van der Waals surface area contributed by atoms with E-state index in [0.29, 0.717) is 48.8 Å². The van der Waals surface area contributed by atoms with E-state index < -0.39 is 5.97 Å². The quantitative estimate of drug-likeness (QED) is 0.570. The van der Waals surface area contributed by atoms with E-state index in [9.17, 15) is 14.7 Å². The Morgan fingerprint density at radius 1 is 1.26 bits per heavy atom. The Bertz CT molecular complexity index is 1200. The van der Waals surface area contributed by atoms with Crippen LogP contribution in [0.1, 0.15) is 28.9 Å². The molecule has 1 aliphatic rings. The van der Waals surface area contributed by atoms with Gasteiger partial charge in [0.15, 0.2) is 0 Å². The zero-order valence-electron chi connectivity index (χ0n) is 17.3. The molecule has 4 rings (SSSR count). The zero-order valence-corrected chi connectivity index (χ0v) is 18.8. The molecule has 8 nitrogen and oxygen atoms in total. The number of anilines is 2. The van der Waals surface area contributed by atoms with E-state index >= 15 is 0 Å². The Balaban J connectivity index is 1.83. The second-order valence-electron chi connectivity index (χ2n) is 7.48. The van der Waals surface area contributed by atoms with Gasteiger partial charge in [0.25, 0.3) is 5.56 Å². The van der Waals surface area contributed by atoms with Gasteiger partial charge in [0.2, 0.25) is 5.95 Å². The summed E-state index contributed by atoms with van der Waals surface area (Å²) in [6.07, 6.45) is 0. The average molecular weight is 487 g/mol. The maximum Gasteiger partial charge on any atom is 0.337 e. The second kappa shape index (κ2) is 8.68. The van der Waals surface area contributed by atoms with Crippen LogP contribution >= 0.6 is 15.9 Å². The van der Waals surface area contributed by atoms with Gasteiger partial charge in [0.05, 0.1) is 35.7 Å². The van der Waals surface area contributed by atoms with E-state index in [0.717, 1.165) is 10.0 Å². The molecule has 0 amide bonds. The summed E-state index contributed by atoms with van der Waals surface area (Å²) in [4.78, 5) is 31.7. The normalized spacial score (nSPS) is 15.1. The van der Waals surface area contributed by atoms with E-state index in [1.165, 1.54) is 0 Å². The van der Waals surface area contributed by atoms with Gasteiger partial charge in [-0.15, -0.1) is 0 Å². The Kier molecular flexibility index (Phi) is 5.97. The van der Waals surface area contributed by atoms with Gasteiger partial charge in [0.1, 0.15) is 0 Å². The predicted molar refractivity (Wildman–Crippen MR) is 123 cm³/mol. The number of nitrogens with zero attached hydrogens (tertiary/aromatic N) is 3. The molecule has 3 aromatic rings. The lowest BCUT2D eigenvalue weighted by atomic mass is 10.0. The van der Waals surface area contributed by atoms with Gasteiger partial charge < -0.3 is 20.1 Å². The van der Waals surface area contributed by atoms with Crippen molar-refractivity contribution in [2.75, 3.05) is 36.5 Å². The van der Waals surface area contributed by atoms with Gasteiger partial charge in [-0.1, -0.05) is 28.1 Å². The van der Waals surface area contributed by atoms with Crippen molar-refractivity contribution in [3.05, 3.63) is 62.4 Å². The standard InChI is InChI=1S/C22H23BrN4O4/c1-13(24-18-6-4-3-5-15(18)21(29)30)16-11-14(23)12-17-19(16)25-22(26(2)20(17)28)27-7-9-31-10-8-27/h3-6,11-13,24H,7-10H2,1-2H3,(H,29,30)/t13-/m1/s1. The molecule has 2 aromatic carbocycles. The number of halogens is 1. The van der Waals surface area contributed by atoms with Crippen molar-refractivity contribution < 1.29 is 14.6 Å². The molecule has 1 saturated heterocycles. The molecule has 0 unspecified atom stereocenters. The summed E-state index contributed by atoms with van der Waals surface area (Å²) in [5, 5.41) is 13.3. The Morgan fingerprint density at radius 3 is 2.68 bits per heavy atom. The average Bonchev–Trinajstić information content (AvgIpc) is 2.77. The summed E-state index contributed by atoms with van der Waals surface area (Å²) in [6.45, 7) is 4.43. The molecule has 31 heavy (non-hydrogen) atoms.